The van der Waals surface area contributed by atoms with Gasteiger partial charge >= 0.3 is 0 Å². The van der Waals surface area contributed by atoms with Gasteiger partial charge in [0, 0.05) is 10.6 Å². The van der Waals surface area contributed by atoms with E-state index < -0.39 is 6.04 Å². The topological polar surface area (TPSA) is 76.9 Å². The summed E-state index contributed by atoms with van der Waals surface area (Å²) in [7, 11) is 0. The minimum absolute atomic E-state index is 0.215. The number of carbonyl (C=O) groups excluding carboxylic acids is 1. The summed E-state index contributed by atoms with van der Waals surface area (Å²) < 4.78 is 1.23. The minimum Gasteiger partial charge on any atom is -0.324 e. The van der Waals surface area contributed by atoms with Crippen molar-refractivity contribution in [3.8, 4) is 0 Å². The molecule has 0 saturated heterocycles. The molecule has 1 aromatic carbocycles. The normalized spacial score (nSPS) is 14.7. The van der Waals surface area contributed by atoms with Crippen LogP contribution in [0.1, 0.15) is 54.3 Å². The van der Waals surface area contributed by atoms with Crippen LogP contribution in [-0.2, 0) is 24.1 Å². The molecular formula is C21H24N4O2S. The summed E-state index contributed by atoms with van der Waals surface area (Å²) in [6.07, 6.45) is 4.96. The summed E-state index contributed by atoms with van der Waals surface area (Å²) in [5, 5.41) is 12.0. The molecule has 0 spiro atoms. The number of anilines is 1. The summed E-state index contributed by atoms with van der Waals surface area (Å²) in [4.78, 5) is 28.0. The molecule has 0 aliphatic heterocycles. The number of rotatable bonds is 4. The number of nitrogens with one attached hydrogen (secondary N) is 1. The largest absolute Gasteiger partial charge is 0.324 e. The van der Waals surface area contributed by atoms with E-state index in [1.54, 1.807) is 18.3 Å². The van der Waals surface area contributed by atoms with E-state index in [0.29, 0.717) is 10.2 Å². The van der Waals surface area contributed by atoms with E-state index in [9.17, 15) is 9.59 Å². The molecule has 1 aliphatic carbocycles. The van der Waals surface area contributed by atoms with Gasteiger partial charge in [-0.25, -0.2) is 0 Å². The Morgan fingerprint density at radius 2 is 2.11 bits per heavy atom. The van der Waals surface area contributed by atoms with Crippen molar-refractivity contribution < 1.29 is 4.79 Å². The van der Waals surface area contributed by atoms with Crippen molar-refractivity contribution in [2.24, 2.45) is 0 Å². The molecule has 1 atom stereocenters. The number of aryl methyl sites for hydroxylation is 4. The molecule has 7 heteroatoms. The smallest absolute Gasteiger partial charge is 0.279 e. The zero-order chi connectivity index (χ0) is 19.8. The monoisotopic (exact) mass is 396 g/mol. The van der Waals surface area contributed by atoms with Crippen LogP contribution in [-0.4, -0.2) is 20.9 Å². The first-order valence-electron chi connectivity index (χ1n) is 9.80. The predicted molar refractivity (Wildman–Crippen MR) is 112 cm³/mol. The van der Waals surface area contributed by atoms with Gasteiger partial charge in [-0.2, -0.15) is 4.68 Å². The molecule has 28 heavy (non-hydrogen) atoms. The zero-order valence-electron chi connectivity index (χ0n) is 16.4. The highest BCUT2D eigenvalue weighted by molar-refractivity contribution is 7.18. The highest BCUT2D eigenvalue weighted by atomic mass is 32.1. The van der Waals surface area contributed by atoms with Gasteiger partial charge in [-0.3, -0.25) is 9.59 Å². The third-order valence-corrected chi connectivity index (χ3v) is 6.72. The van der Waals surface area contributed by atoms with Crippen molar-refractivity contribution in [1.29, 1.82) is 0 Å². The van der Waals surface area contributed by atoms with Crippen LogP contribution >= 0.6 is 11.3 Å². The minimum atomic E-state index is -0.743. The molecule has 146 valence electrons. The van der Waals surface area contributed by atoms with Gasteiger partial charge in [0.15, 0.2) is 4.83 Å². The average Bonchev–Trinajstić information content (AvgIpc) is 3.08. The summed E-state index contributed by atoms with van der Waals surface area (Å²) >= 11 is 1.56. The van der Waals surface area contributed by atoms with Crippen LogP contribution in [0.25, 0.3) is 10.2 Å². The van der Waals surface area contributed by atoms with Gasteiger partial charge in [-0.05, 0) is 62.6 Å². The molecule has 2 aromatic heterocycles. The van der Waals surface area contributed by atoms with E-state index in [1.807, 2.05) is 25.1 Å². The first kappa shape index (κ1) is 18.8. The van der Waals surface area contributed by atoms with Crippen LogP contribution in [0.5, 0.6) is 0 Å². The fourth-order valence-corrected chi connectivity index (χ4v) is 5.08. The van der Waals surface area contributed by atoms with Gasteiger partial charge in [-0.15, -0.1) is 16.4 Å². The molecule has 1 aliphatic rings. The Morgan fingerprint density at radius 3 is 2.89 bits per heavy atom. The number of hydrogen-bond donors (Lipinski definition) is 1. The lowest BCUT2D eigenvalue weighted by Gasteiger charge is -2.17. The standard InChI is InChI=1S/C21H24N4O2S/c1-4-14-9-7-8-12(2)18(14)22-19(26)13(3)25-21(27)17-15-10-5-6-11-16(15)28-20(17)23-24-25/h7-9,13H,4-6,10-11H2,1-3H3,(H,22,26). The molecule has 0 radical (unpaired) electrons. The van der Waals surface area contributed by atoms with Crippen molar-refractivity contribution in [3.05, 3.63) is 50.1 Å². The number of para-hydroxylation sites is 1. The number of hydrogen-bond acceptors (Lipinski definition) is 5. The Morgan fingerprint density at radius 1 is 1.32 bits per heavy atom. The Labute approximate surface area is 167 Å². The number of fused-ring (bicyclic) bond motifs is 3. The molecule has 2 heterocycles. The highest BCUT2D eigenvalue weighted by Crippen LogP contribution is 2.33. The van der Waals surface area contributed by atoms with Crippen LogP contribution in [0.2, 0.25) is 0 Å². The van der Waals surface area contributed by atoms with E-state index in [1.165, 1.54) is 9.56 Å². The molecule has 0 fully saturated rings. The number of nitrogens with zero attached hydrogens (tertiary/aromatic N) is 3. The molecule has 0 bridgehead atoms. The van der Waals surface area contributed by atoms with E-state index in [4.69, 9.17) is 0 Å². The number of thiophene rings is 1. The lowest BCUT2D eigenvalue weighted by Crippen LogP contribution is -2.34. The van der Waals surface area contributed by atoms with Crippen LogP contribution < -0.4 is 10.9 Å². The Balaban J connectivity index is 1.69. The van der Waals surface area contributed by atoms with Crippen molar-refractivity contribution in [1.82, 2.24) is 15.0 Å². The maximum atomic E-state index is 13.1. The van der Waals surface area contributed by atoms with Crippen molar-refractivity contribution in [2.75, 3.05) is 5.32 Å². The summed E-state index contributed by atoms with van der Waals surface area (Å²) in [5.74, 6) is -0.260. The van der Waals surface area contributed by atoms with Crippen molar-refractivity contribution in [2.45, 2.75) is 58.9 Å². The number of carbonyl (C=O) groups is 1. The van der Waals surface area contributed by atoms with Gasteiger partial charge < -0.3 is 5.32 Å². The molecular weight excluding hydrogens is 372 g/mol. The molecule has 1 N–H and O–H groups in total. The molecule has 6 nitrogen and oxygen atoms in total. The van der Waals surface area contributed by atoms with E-state index >= 15 is 0 Å². The second-order valence-corrected chi connectivity index (χ2v) is 8.44. The van der Waals surface area contributed by atoms with Crippen LogP contribution in [0.4, 0.5) is 5.69 Å². The summed E-state index contributed by atoms with van der Waals surface area (Å²) in [6, 6.07) is 5.21. The average molecular weight is 397 g/mol. The van der Waals surface area contributed by atoms with Gasteiger partial charge in [0.05, 0.1) is 5.39 Å². The molecule has 4 rings (SSSR count). The lowest BCUT2D eigenvalue weighted by molar-refractivity contribution is -0.119. The summed E-state index contributed by atoms with van der Waals surface area (Å²) in [6.45, 7) is 5.71. The third kappa shape index (κ3) is 3.13. The van der Waals surface area contributed by atoms with Crippen molar-refractivity contribution >= 4 is 33.1 Å². The first-order chi connectivity index (χ1) is 13.5. The lowest BCUT2D eigenvalue weighted by atomic mass is 9.97. The van der Waals surface area contributed by atoms with Gasteiger partial charge in [0.2, 0.25) is 5.91 Å². The Kier molecular flexibility index (Phi) is 5.02. The second kappa shape index (κ2) is 7.47. The quantitative estimate of drug-likeness (QED) is 0.728. The SMILES string of the molecule is CCc1cccc(C)c1NC(=O)C(C)n1nnc2sc3c(c2c1=O)CCCC3. The first-order valence-corrected chi connectivity index (χ1v) is 10.6. The zero-order valence-corrected chi connectivity index (χ0v) is 17.2. The van der Waals surface area contributed by atoms with E-state index in [2.05, 4.69) is 22.6 Å². The second-order valence-electron chi connectivity index (χ2n) is 7.36. The third-order valence-electron chi connectivity index (χ3n) is 5.54. The number of amides is 1. The number of aromatic nitrogens is 3. The fourth-order valence-electron chi connectivity index (χ4n) is 3.88. The molecule has 1 amide bonds. The Bertz CT molecular complexity index is 1120. The summed E-state index contributed by atoms with van der Waals surface area (Å²) in [5.41, 5.74) is 3.78. The maximum absolute atomic E-state index is 13.1. The van der Waals surface area contributed by atoms with Crippen LogP contribution in [0.15, 0.2) is 23.0 Å². The van der Waals surface area contributed by atoms with E-state index in [-0.39, 0.29) is 11.5 Å². The van der Waals surface area contributed by atoms with Crippen LogP contribution in [0, 0.1) is 6.92 Å². The Hall–Kier alpha value is -2.54. The maximum Gasteiger partial charge on any atom is 0.279 e. The molecule has 0 saturated carbocycles. The fraction of sp³-hybridized carbons (Fsp3) is 0.429. The molecule has 3 aromatic rings. The van der Waals surface area contributed by atoms with Gasteiger partial charge in [0.1, 0.15) is 6.04 Å². The molecule has 1 unspecified atom stereocenters. The number of benzene rings is 1. The van der Waals surface area contributed by atoms with Gasteiger partial charge in [0.25, 0.3) is 5.56 Å². The van der Waals surface area contributed by atoms with Gasteiger partial charge in [-0.1, -0.05) is 30.3 Å². The predicted octanol–water partition coefficient (Wildman–Crippen LogP) is 3.80. The van der Waals surface area contributed by atoms with Crippen LogP contribution in [0.3, 0.4) is 0 Å². The van der Waals surface area contributed by atoms with Crippen molar-refractivity contribution in [3.63, 3.8) is 0 Å². The van der Waals surface area contributed by atoms with E-state index in [0.717, 1.165) is 54.5 Å². The highest BCUT2D eigenvalue weighted by Gasteiger charge is 2.25.